The molecule has 5 heteroatoms. The zero-order valence-corrected chi connectivity index (χ0v) is 12.2. The minimum atomic E-state index is 0. The molecule has 0 amide bonds. The minimum absolute atomic E-state index is 0. The second-order valence-electron chi connectivity index (χ2n) is 3.05. The molecule has 2 heterocycles. The number of nitrogens with zero attached hydrogens (tertiary/aromatic N) is 4. The van der Waals surface area contributed by atoms with Crippen molar-refractivity contribution in [2.75, 3.05) is 0 Å². The maximum atomic E-state index is 3.93. The fraction of sp³-hybridized carbons (Fsp3) is 0. The predicted molar refractivity (Wildman–Crippen MR) is 63.7 cm³/mol. The summed E-state index contributed by atoms with van der Waals surface area (Å²) in [5.41, 5.74) is 1.95. The van der Waals surface area contributed by atoms with Gasteiger partial charge in [-0.05, 0) is 35.4 Å². The summed E-state index contributed by atoms with van der Waals surface area (Å²) in [6.07, 6.45) is 10.2. The van der Waals surface area contributed by atoms with Crippen molar-refractivity contribution in [2.45, 2.75) is 0 Å². The van der Waals surface area contributed by atoms with Crippen LogP contribution in [0.3, 0.4) is 0 Å². The molecule has 4 nitrogen and oxygen atoms in total. The monoisotopic (exact) mass is 274 g/mol. The molecule has 0 aliphatic heterocycles. The molecule has 0 bridgehead atoms. The first kappa shape index (κ1) is 13.3. The van der Waals surface area contributed by atoms with Crippen LogP contribution in [0.15, 0.2) is 59.3 Å². The van der Waals surface area contributed by atoms with Crippen molar-refractivity contribution in [3.8, 4) is 0 Å². The first-order valence-corrected chi connectivity index (χ1v) is 4.81. The smallest absolute Gasteiger partial charge is 0.0569 e. The van der Waals surface area contributed by atoms with Gasteiger partial charge in [0.05, 0.1) is 12.4 Å². The fourth-order valence-corrected chi connectivity index (χ4v) is 1.10. The molecule has 0 aromatic carbocycles. The van der Waals surface area contributed by atoms with E-state index in [-0.39, 0.29) is 19.5 Å². The van der Waals surface area contributed by atoms with Gasteiger partial charge in [0.15, 0.2) is 0 Å². The first-order chi connectivity index (χ1) is 7.95. The van der Waals surface area contributed by atoms with Crippen LogP contribution in [0.5, 0.6) is 0 Å². The van der Waals surface area contributed by atoms with Crippen molar-refractivity contribution in [3.05, 3.63) is 60.2 Å². The Morgan fingerprint density at radius 1 is 0.706 bits per heavy atom. The molecule has 0 aliphatic rings. The molecule has 2 rings (SSSR count). The number of hydrogen-bond acceptors (Lipinski definition) is 4. The Balaban J connectivity index is 0.00000144. The van der Waals surface area contributed by atoms with Crippen molar-refractivity contribution < 1.29 is 19.5 Å². The van der Waals surface area contributed by atoms with Crippen molar-refractivity contribution in [1.82, 2.24) is 9.97 Å². The van der Waals surface area contributed by atoms with Crippen molar-refractivity contribution in [3.63, 3.8) is 0 Å². The normalized spacial score (nSPS) is 10.6. The van der Waals surface area contributed by atoms with Crippen LogP contribution >= 0.6 is 0 Å². The van der Waals surface area contributed by atoms with E-state index in [0.29, 0.717) is 0 Å². The second kappa shape index (κ2) is 7.52. The van der Waals surface area contributed by atoms with Crippen LogP contribution in [0, 0.1) is 0 Å². The fourth-order valence-electron chi connectivity index (χ4n) is 1.10. The van der Waals surface area contributed by atoms with Gasteiger partial charge in [-0.2, -0.15) is 10.2 Å². The second-order valence-corrected chi connectivity index (χ2v) is 3.05. The summed E-state index contributed by atoms with van der Waals surface area (Å²) in [5, 5.41) is 7.87. The van der Waals surface area contributed by atoms with Gasteiger partial charge in [-0.25, -0.2) is 0 Å². The molecule has 2 aromatic heterocycles. The Labute approximate surface area is 112 Å². The molecular weight excluding hydrogens is 266 g/mol. The molecule has 0 spiro atoms. The number of aromatic nitrogens is 2. The molecule has 80 valence electrons. The van der Waals surface area contributed by atoms with Gasteiger partial charge in [-0.1, -0.05) is 0 Å². The maximum absolute atomic E-state index is 3.93. The van der Waals surface area contributed by atoms with Crippen molar-refractivity contribution in [1.29, 1.82) is 0 Å². The molecule has 0 unspecified atom stereocenters. The van der Waals surface area contributed by atoms with Gasteiger partial charge >= 0.3 is 0 Å². The average molecular weight is 276 g/mol. The molecule has 0 fully saturated rings. The Morgan fingerprint density at radius 3 is 1.41 bits per heavy atom. The Bertz CT molecular complexity index is 435. The molecule has 17 heavy (non-hydrogen) atoms. The number of pyridine rings is 2. The van der Waals surface area contributed by atoms with E-state index in [1.807, 2.05) is 24.3 Å². The van der Waals surface area contributed by atoms with Gasteiger partial charge in [-0.15, -0.1) is 0 Å². The van der Waals surface area contributed by atoms with Crippen molar-refractivity contribution in [2.24, 2.45) is 10.2 Å². The summed E-state index contributed by atoms with van der Waals surface area (Å²) >= 11 is 0. The third-order valence-corrected chi connectivity index (χ3v) is 1.89. The van der Waals surface area contributed by atoms with Crippen LogP contribution in [0.1, 0.15) is 11.1 Å². The van der Waals surface area contributed by atoms with Gasteiger partial charge in [-0.3, -0.25) is 9.97 Å². The largest absolute Gasteiger partial charge is 0.265 e. The van der Waals surface area contributed by atoms with E-state index in [1.165, 1.54) is 0 Å². The molecule has 0 atom stereocenters. The first-order valence-electron chi connectivity index (χ1n) is 4.81. The van der Waals surface area contributed by atoms with Crippen LogP contribution in [-0.4, -0.2) is 22.4 Å². The van der Waals surface area contributed by atoms with Crippen molar-refractivity contribution >= 4 is 12.4 Å². The van der Waals surface area contributed by atoms with Crippen LogP contribution in [0.2, 0.25) is 0 Å². The number of rotatable bonds is 3. The van der Waals surface area contributed by atoms with Gasteiger partial charge < -0.3 is 0 Å². The van der Waals surface area contributed by atoms with E-state index in [4.69, 9.17) is 0 Å². The Morgan fingerprint density at radius 2 is 1.06 bits per heavy atom. The van der Waals surface area contributed by atoms with E-state index < -0.39 is 0 Å². The minimum Gasteiger partial charge on any atom is -0.265 e. The summed E-state index contributed by atoms with van der Waals surface area (Å²) in [6, 6.07) is 7.47. The zero-order valence-electron chi connectivity index (χ0n) is 9.27. The van der Waals surface area contributed by atoms with Crippen LogP contribution in [0.25, 0.3) is 0 Å². The molecule has 0 aliphatic carbocycles. The summed E-state index contributed by atoms with van der Waals surface area (Å²) in [7, 11) is 0. The van der Waals surface area contributed by atoms with E-state index in [2.05, 4.69) is 20.2 Å². The zero-order chi connectivity index (χ0) is 11.1. The van der Waals surface area contributed by atoms with Crippen LogP contribution in [-0.2, 0) is 19.5 Å². The molecule has 0 radical (unpaired) electrons. The Kier molecular flexibility index (Phi) is 5.90. The third kappa shape index (κ3) is 4.74. The quantitative estimate of drug-likeness (QED) is 0.488. The molecule has 0 saturated carbocycles. The SMILES string of the molecule is C(=NN=Cc1ccncc1)c1ccncc1.[Zn]. The topological polar surface area (TPSA) is 50.5 Å². The summed E-state index contributed by atoms with van der Waals surface area (Å²) in [5.74, 6) is 0. The molecule has 0 saturated heterocycles. The molecular formula is C12H10N4Zn. The van der Waals surface area contributed by atoms with E-state index in [1.54, 1.807) is 37.2 Å². The average Bonchev–Trinajstić information content (AvgIpc) is 2.37. The summed E-state index contributed by atoms with van der Waals surface area (Å²) in [6.45, 7) is 0. The molecule has 2 aromatic rings. The van der Waals surface area contributed by atoms with E-state index in [0.717, 1.165) is 11.1 Å². The van der Waals surface area contributed by atoms with Gasteiger partial charge in [0.2, 0.25) is 0 Å². The van der Waals surface area contributed by atoms with Gasteiger partial charge in [0.1, 0.15) is 0 Å². The third-order valence-electron chi connectivity index (χ3n) is 1.89. The van der Waals surface area contributed by atoms with Crippen LogP contribution in [0.4, 0.5) is 0 Å². The Hall–Kier alpha value is -1.74. The summed E-state index contributed by atoms with van der Waals surface area (Å²) in [4.78, 5) is 7.83. The standard InChI is InChI=1S/C12H10N4.Zn/c1-5-13-6-2-11(1)9-15-16-10-12-3-7-14-8-4-12;/h1-10H;. The molecule has 0 N–H and O–H groups in total. The van der Waals surface area contributed by atoms with Gasteiger partial charge in [0.25, 0.3) is 0 Å². The summed E-state index contributed by atoms with van der Waals surface area (Å²) < 4.78 is 0. The number of hydrogen-bond donors (Lipinski definition) is 0. The van der Waals surface area contributed by atoms with E-state index in [9.17, 15) is 0 Å². The maximum Gasteiger partial charge on any atom is 0.0569 e. The van der Waals surface area contributed by atoms with Gasteiger partial charge in [0, 0.05) is 44.3 Å². The van der Waals surface area contributed by atoms with E-state index >= 15 is 0 Å². The predicted octanol–water partition coefficient (Wildman–Crippen LogP) is 1.93. The van der Waals surface area contributed by atoms with Crippen LogP contribution < -0.4 is 0 Å².